The maximum atomic E-state index is 12.5. The summed E-state index contributed by atoms with van der Waals surface area (Å²) in [5.74, 6) is 0.752. The fraction of sp³-hybridized carbons (Fsp3) is 0.238. The summed E-state index contributed by atoms with van der Waals surface area (Å²) in [5.41, 5.74) is 2.44. The zero-order valence-corrected chi connectivity index (χ0v) is 15.8. The molecular weight excluding hydrogens is 346 g/mol. The van der Waals surface area contributed by atoms with Gasteiger partial charge in [-0.25, -0.2) is 13.1 Å². The fourth-order valence-corrected chi connectivity index (χ4v) is 3.94. The summed E-state index contributed by atoms with van der Waals surface area (Å²) in [5, 5.41) is 1.82. The van der Waals surface area contributed by atoms with Crippen LogP contribution in [-0.2, 0) is 16.4 Å². The summed E-state index contributed by atoms with van der Waals surface area (Å²) >= 11 is 0. The van der Waals surface area contributed by atoms with E-state index in [9.17, 15) is 8.42 Å². The number of hydrogen-bond donors (Lipinski definition) is 1. The summed E-state index contributed by atoms with van der Waals surface area (Å²) in [4.78, 5) is 0.283. The lowest BCUT2D eigenvalue weighted by Crippen LogP contribution is -2.25. The van der Waals surface area contributed by atoms with Crippen molar-refractivity contribution in [3.63, 3.8) is 0 Å². The molecule has 0 aromatic heterocycles. The molecule has 0 saturated carbocycles. The third-order valence-corrected chi connectivity index (χ3v) is 5.84. The van der Waals surface area contributed by atoms with Crippen LogP contribution in [0.25, 0.3) is 10.8 Å². The Morgan fingerprint density at radius 1 is 0.923 bits per heavy atom. The van der Waals surface area contributed by atoms with E-state index in [1.54, 1.807) is 25.3 Å². The third-order valence-electron chi connectivity index (χ3n) is 4.38. The van der Waals surface area contributed by atoms with Crippen LogP contribution in [0.3, 0.4) is 0 Å². The van der Waals surface area contributed by atoms with E-state index in [0.717, 1.165) is 29.4 Å². The molecule has 0 aliphatic heterocycles. The van der Waals surface area contributed by atoms with Gasteiger partial charge < -0.3 is 4.74 Å². The second-order valence-corrected chi connectivity index (χ2v) is 8.13. The Morgan fingerprint density at radius 2 is 1.62 bits per heavy atom. The number of benzene rings is 3. The largest absolute Gasteiger partial charge is 0.497 e. The zero-order valence-electron chi connectivity index (χ0n) is 15.0. The smallest absolute Gasteiger partial charge is 0.240 e. The van der Waals surface area contributed by atoms with Crippen molar-refractivity contribution in [3.05, 3.63) is 71.8 Å². The Labute approximate surface area is 154 Å². The Hall–Kier alpha value is -2.37. The number of fused-ring (bicyclic) bond motifs is 1. The molecule has 1 N–H and O–H groups in total. The minimum absolute atomic E-state index is 0.283. The van der Waals surface area contributed by atoms with Crippen molar-refractivity contribution in [2.45, 2.75) is 24.7 Å². The predicted molar refractivity (Wildman–Crippen MR) is 105 cm³/mol. The normalized spacial score (nSPS) is 11.6. The number of ether oxygens (including phenoxy) is 1. The van der Waals surface area contributed by atoms with E-state index in [-0.39, 0.29) is 4.90 Å². The number of methoxy groups -OCH3 is 1. The van der Waals surface area contributed by atoms with Gasteiger partial charge in [-0.3, -0.25) is 0 Å². The van der Waals surface area contributed by atoms with Gasteiger partial charge in [0.15, 0.2) is 0 Å². The molecule has 3 rings (SSSR count). The van der Waals surface area contributed by atoms with Crippen LogP contribution in [0.15, 0.2) is 65.6 Å². The summed E-state index contributed by atoms with van der Waals surface area (Å²) < 4.78 is 32.9. The van der Waals surface area contributed by atoms with Crippen LogP contribution in [0.1, 0.15) is 17.5 Å². The van der Waals surface area contributed by atoms with Gasteiger partial charge in [0, 0.05) is 6.54 Å². The molecular formula is C21H23NO3S. The van der Waals surface area contributed by atoms with Gasteiger partial charge in [0.2, 0.25) is 10.0 Å². The van der Waals surface area contributed by atoms with Crippen molar-refractivity contribution in [2.24, 2.45) is 0 Å². The number of rotatable bonds is 7. The van der Waals surface area contributed by atoms with Gasteiger partial charge in [0.1, 0.15) is 5.75 Å². The lowest BCUT2D eigenvalue weighted by Gasteiger charge is -2.09. The average Bonchev–Trinajstić information content (AvgIpc) is 2.65. The van der Waals surface area contributed by atoms with Crippen molar-refractivity contribution in [1.29, 1.82) is 0 Å². The van der Waals surface area contributed by atoms with Gasteiger partial charge in [-0.1, -0.05) is 42.0 Å². The van der Waals surface area contributed by atoms with Crippen molar-refractivity contribution >= 4 is 20.8 Å². The molecule has 0 spiro atoms. The van der Waals surface area contributed by atoms with Gasteiger partial charge in [0.25, 0.3) is 0 Å². The van der Waals surface area contributed by atoms with Crippen LogP contribution in [-0.4, -0.2) is 22.1 Å². The molecule has 0 amide bonds. The van der Waals surface area contributed by atoms with E-state index in [0.29, 0.717) is 6.54 Å². The highest BCUT2D eigenvalue weighted by Crippen LogP contribution is 2.23. The number of aryl methyl sites for hydroxylation is 2. The molecule has 4 nitrogen and oxygen atoms in total. The Kier molecular flexibility index (Phi) is 5.59. The van der Waals surface area contributed by atoms with E-state index in [2.05, 4.69) is 35.9 Å². The molecule has 0 saturated heterocycles. The first-order chi connectivity index (χ1) is 12.5. The first-order valence-electron chi connectivity index (χ1n) is 8.61. The van der Waals surface area contributed by atoms with Crippen molar-refractivity contribution in [2.75, 3.05) is 13.7 Å². The fourth-order valence-electron chi connectivity index (χ4n) is 2.83. The van der Waals surface area contributed by atoms with Crippen molar-refractivity contribution in [1.82, 2.24) is 4.72 Å². The van der Waals surface area contributed by atoms with Gasteiger partial charge >= 0.3 is 0 Å². The molecule has 5 heteroatoms. The first kappa shape index (κ1) is 18.4. The molecule has 26 heavy (non-hydrogen) atoms. The molecule has 0 bridgehead atoms. The summed E-state index contributed by atoms with van der Waals surface area (Å²) in [6.45, 7) is 2.47. The second-order valence-electron chi connectivity index (χ2n) is 6.36. The van der Waals surface area contributed by atoms with Crippen LogP contribution in [0, 0.1) is 6.92 Å². The standard InChI is InChI=1S/C21H23NO3S/c1-16-5-7-17(8-6-16)4-3-13-22-26(23,24)21-12-10-18-14-20(25-2)11-9-19(18)15-21/h5-12,14-15,22H,3-4,13H2,1-2H3. The molecule has 0 radical (unpaired) electrons. The van der Waals surface area contributed by atoms with E-state index in [1.165, 1.54) is 11.1 Å². The third kappa shape index (κ3) is 4.42. The van der Waals surface area contributed by atoms with Crippen LogP contribution in [0.5, 0.6) is 5.75 Å². The highest BCUT2D eigenvalue weighted by molar-refractivity contribution is 7.89. The van der Waals surface area contributed by atoms with Crippen LogP contribution in [0.4, 0.5) is 0 Å². The highest BCUT2D eigenvalue weighted by Gasteiger charge is 2.14. The molecule has 136 valence electrons. The summed E-state index contributed by atoms with van der Waals surface area (Å²) in [6, 6.07) is 19.0. The summed E-state index contributed by atoms with van der Waals surface area (Å²) in [7, 11) is -1.90. The maximum absolute atomic E-state index is 12.5. The zero-order chi connectivity index (χ0) is 18.6. The molecule has 0 aliphatic rings. The van der Waals surface area contributed by atoms with Crippen LogP contribution >= 0.6 is 0 Å². The molecule has 0 atom stereocenters. The lowest BCUT2D eigenvalue weighted by atomic mass is 10.1. The monoisotopic (exact) mass is 369 g/mol. The van der Waals surface area contributed by atoms with Gasteiger partial charge in [-0.15, -0.1) is 0 Å². The van der Waals surface area contributed by atoms with Crippen molar-refractivity contribution in [3.8, 4) is 5.75 Å². The minimum Gasteiger partial charge on any atom is -0.497 e. The Balaban J connectivity index is 1.63. The first-order valence-corrected chi connectivity index (χ1v) is 10.1. The van der Waals surface area contributed by atoms with E-state index >= 15 is 0 Å². The number of nitrogens with one attached hydrogen (secondary N) is 1. The molecule has 3 aromatic carbocycles. The Morgan fingerprint density at radius 3 is 2.35 bits per heavy atom. The quantitative estimate of drug-likeness (QED) is 0.639. The SMILES string of the molecule is COc1ccc2cc(S(=O)(=O)NCCCc3ccc(C)cc3)ccc2c1. The Bertz CT molecular complexity index is 995. The van der Waals surface area contributed by atoms with Gasteiger partial charge in [-0.05, 0) is 60.4 Å². The van der Waals surface area contributed by atoms with E-state index in [1.807, 2.05) is 18.2 Å². The molecule has 0 aliphatic carbocycles. The topological polar surface area (TPSA) is 55.4 Å². The maximum Gasteiger partial charge on any atom is 0.240 e. The van der Waals surface area contributed by atoms with Gasteiger partial charge in [-0.2, -0.15) is 0 Å². The van der Waals surface area contributed by atoms with Crippen LogP contribution in [0.2, 0.25) is 0 Å². The number of hydrogen-bond acceptors (Lipinski definition) is 3. The highest BCUT2D eigenvalue weighted by atomic mass is 32.2. The van der Waals surface area contributed by atoms with Crippen molar-refractivity contribution < 1.29 is 13.2 Å². The molecule has 0 unspecified atom stereocenters. The lowest BCUT2D eigenvalue weighted by molar-refractivity contribution is 0.415. The molecule has 0 heterocycles. The second kappa shape index (κ2) is 7.89. The average molecular weight is 369 g/mol. The molecule has 0 fully saturated rings. The molecule has 3 aromatic rings. The summed E-state index contributed by atoms with van der Waals surface area (Å²) in [6.07, 6.45) is 1.60. The number of sulfonamides is 1. The van der Waals surface area contributed by atoms with E-state index in [4.69, 9.17) is 4.74 Å². The van der Waals surface area contributed by atoms with E-state index < -0.39 is 10.0 Å². The predicted octanol–water partition coefficient (Wildman–Crippen LogP) is 4.07. The van der Waals surface area contributed by atoms with Gasteiger partial charge in [0.05, 0.1) is 12.0 Å². The van der Waals surface area contributed by atoms with Crippen LogP contribution < -0.4 is 9.46 Å². The minimum atomic E-state index is -3.51.